The molecule has 2 rings (SSSR count). The van der Waals surface area contributed by atoms with E-state index < -0.39 is 11.6 Å². The number of benzene rings is 1. The van der Waals surface area contributed by atoms with E-state index in [-0.39, 0.29) is 5.92 Å². The molecule has 1 aromatic carbocycles. The molecule has 0 aromatic heterocycles. The van der Waals surface area contributed by atoms with Crippen LogP contribution in [-0.2, 0) is 0 Å². The summed E-state index contributed by atoms with van der Waals surface area (Å²) in [4.78, 5) is 0. The molecule has 1 aromatic rings. The molecule has 0 bridgehead atoms. The van der Waals surface area contributed by atoms with E-state index in [9.17, 15) is 8.78 Å². The molecule has 1 saturated carbocycles. The van der Waals surface area contributed by atoms with Crippen molar-refractivity contribution in [1.29, 1.82) is 0 Å². The Labute approximate surface area is 114 Å². The second-order valence-electron chi connectivity index (χ2n) is 5.74. The maximum absolute atomic E-state index is 14.0. The van der Waals surface area contributed by atoms with Gasteiger partial charge in [-0.15, -0.1) is 0 Å². The number of hydrogen-bond acceptors (Lipinski definition) is 1. The van der Waals surface area contributed by atoms with E-state index in [1.165, 1.54) is 18.9 Å². The molecule has 0 heterocycles. The first kappa shape index (κ1) is 14.4. The van der Waals surface area contributed by atoms with Crippen molar-refractivity contribution in [3.05, 3.63) is 35.4 Å². The van der Waals surface area contributed by atoms with Crippen molar-refractivity contribution in [1.82, 2.24) is 0 Å². The molecule has 0 amide bonds. The molecule has 19 heavy (non-hydrogen) atoms. The Kier molecular flexibility index (Phi) is 4.92. The summed E-state index contributed by atoms with van der Waals surface area (Å²) in [6, 6.07) is 3.95. The Balaban J connectivity index is 2.22. The largest absolute Gasteiger partial charge is 0.330 e. The Morgan fingerprint density at radius 3 is 2.68 bits per heavy atom. The van der Waals surface area contributed by atoms with Gasteiger partial charge in [-0.2, -0.15) is 0 Å². The van der Waals surface area contributed by atoms with Gasteiger partial charge in [-0.25, -0.2) is 8.78 Å². The molecular weight excluding hydrogens is 244 g/mol. The standard InChI is InChI=1S/C16H23F2N/c1-2-3-11-4-5-12(10-19)15(8-11)14-7-6-13(17)9-16(14)18/h6-7,9,11-12,15H,2-5,8,10,19H2,1H3. The zero-order valence-electron chi connectivity index (χ0n) is 11.5. The van der Waals surface area contributed by atoms with Crippen LogP contribution >= 0.6 is 0 Å². The van der Waals surface area contributed by atoms with Crippen LogP contribution in [0.1, 0.15) is 50.5 Å². The lowest BCUT2D eigenvalue weighted by molar-refractivity contribution is 0.226. The van der Waals surface area contributed by atoms with Crippen molar-refractivity contribution < 1.29 is 8.78 Å². The highest BCUT2D eigenvalue weighted by Gasteiger charge is 2.31. The average molecular weight is 267 g/mol. The molecule has 3 atom stereocenters. The fraction of sp³-hybridized carbons (Fsp3) is 0.625. The minimum absolute atomic E-state index is 0.149. The molecular formula is C16H23F2N. The molecule has 1 fully saturated rings. The number of nitrogens with two attached hydrogens (primary N) is 1. The van der Waals surface area contributed by atoms with Crippen LogP contribution in [0.5, 0.6) is 0 Å². The summed E-state index contributed by atoms with van der Waals surface area (Å²) in [7, 11) is 0. The maximum Gasteiger partial charge on any atom is 0.129 e. The van der Waals surface area contributed by atoms with Gasteiger partial charge in [0.05, 0.1) is 0 Å². The van der Waals surface area contributed by atoms with Gasteiger partial charge in [-0.05, 0) is 48.8 Å². The van der Waals surface area contributed by atoms with Crippen molar-refractivity contribution in [2.24, 2.45) is 17.6 Å². The summed E-state index contributed by atoms with van der Waals surface area (Å²) >= 11 is 0. The van der Waals surface area contributed by atoms with Crippen LogP contribution in [0, 0.1) is 23.5 Å². The topological polar surface area (TPSA) is 26.0 Å². The molecule has 2 N–H and O–H groups in total. The van der Waals surface area contributed by atoms with Gasteiger partial charge >= 0.3 is 0 Å². The number of halogens is 2. The molecule has 0 radical (unpaired) electrons. The molecule has 106 valence electrons. The molecule has 1 aliphatic carbocycles. The van der Waals surface area contributed by atoms with E-state index in [1.54, 1.807) is 6.07 Å². The average Bonchev–Trinajstić information content (AvgIpc) is 2.39. The van der Waals surface area contributed by atoms with Crippen molar-refractivity contribution in [2.45, 2.75) is 44.9 Å². The first-order valence-electron chi connectivity index (χ1n) is 7.30. The fourth-order valence-corrected chi connectivity index (χ4v) is 3.46. The van der Waals surface area contributed by atoms with Gasteiger partial charge < -0.3 is 5.73 Å². The van der Waals surface area contributed by atoms with Gasteiger partial charge in [-0.3, -0.25) is 0 Å². The van der Waals surface area contributed by atoms with Gasteiger partial charge in [-0.1, -0.05) is 32.3 Å². The zero-order chi connectivity index (χ0) is 13.8. The summed E-state index contributed by atoms with van der Waals surface area (Å²) < 4.78 is 27.0. The number of hydrogen-bond donors (Lipinski definition) is 1. The van der Waals surface area contributed by atoms with E-state index in [4.69, 9.17) is 5.73 Å². The first-order valence-corrected chi connectivity index (χ1v) is 7.30. The molecule has 1 aliphatic rings. The quantitative estimate of drug-likeness (QED) is 0.868. The summed E-state index contributed by atoms with van der Waals surface area (Å²) in [6.07, 6.45) is 5.59. The van der Waals surface area contributed by atoms with Crippen molar-refractivity contribution in [3.63, 3.8) is 0 Å². The normalized spacial score (nSPS) is 27.5. The van der Waals surface area contributed by atoms with Gasteiger partial charge in [0.1, 0.15) is 11.6 Å². The summed E-state index contributed by atoms with van der Waals surface area (Å²) in [5.74, 6) is 0.207. The Morgan fingerprint density at radius 1 is 1.26 bits per heavy atom. The predicted octanol–water partition coefficient (Wildman–Crippen LogP) is 4.22. The second-order valence-corrected chi connectivity index (χ2v) is 5.74. The molecule has 1 nitrogen and oxygen atoms in total. The Hall–Kier alpha value is -0.960. The van der Waals surface area contributed by atoms with E-state index in [0.29, 0.717) is 23.9 Å². The lowest BCUT2D eigenvalue weighted by Gasteiger charge is -2.36. The van der Waals surface area contributed by atoms with Gasteiger partial charge in [0.15, 0.2) is 0 Å². The highest BCUT2D eigenvalue weighted by atomic mass is 19.1. The molecule has 0 spiro atoms. The van der Waals surface area contributed by atoms with Crippen LogP contribution in [0.15, 0.2) is 18.2 Å². The third kappa shape index (κ3) is 3.33. The van der Waals surface area contributed by atoms with Crippen LogP contribution in [0.25, 0.3) is 0 Å². The highest BCUT2D eigenvalue weighted by molar-refractivity contribution is 5.24. The monoisotopic (exact) mass is 267 g/mol. The smallest absolute Gasteiger partial charge is 0.129 e. The first-order chi connectivity index (χ1) is 9.15. The summed E-state index contributed by atoms with van der Waals surface area (Å²) in [5, 5.41) is 0. The molecule has 0 saturated heterocycles. The van der Waals surface area contributed by atoms with E-state index >= 15 is 0 Å². The highest BCUT2D eigenvalue weighted by Crippen LogP contribution is 2.42. The van der Waals surface area contributed by atoms with E-state index in [0.717, 1.165) is 25.3 Å². The molecule has 3 heteroatoms. The lowest BCUT2D eigenvalue weighted by Crippen LogP contribution is -2.29. The number of rotatable bonds is 4. The lowest BCUT2D eigenvalue weighted by atomic mass is 9.70. The van der Waals surface area contributed by atoms with Crippen LogP contribution in [-0.4, -0.2) is 6.54 Å². The SMILES string of the molecule is CCCC1CCC(CN)C(c2ccc(F)cc2F)C1. The van der Waals surface area contributed by atoms with Gasteiger partial charge in [0.2, 0.25) is 0 Å². The van der Waals surface area contributed by atoms with E-state index in [2.05, 4.69) is 6.92 Å². The van der Waals surface area contributed by atoms with Crippen LogP contribution in [0.4, 0.5) is 8.78 Å². The molecule has 3 unspecified atom stereocenters. The third-order valence-corrected chi connectivity index (χ3v) is 4.46. The van der Waals surface area contributed by atoms with Gasteiger partial charge in [0.25, 0.3) is 0 Å². The second kappa shape index (κ2) is 6.47. The summed E-state index contributed by atoms with van der Waals surface area (Å²) in [6.45, 7) is 2.77. The molecule has 0 aliphatic heterocycles. The van der Waals surface area contributed by atoms with Crippen molar-refractivity contribution >= 4 is 0 Å². The predicted molar refractivity (Wildman–Crippen MR) is 73.9 cm³/mol. The van der Waals surface area contributed by atoms with Crippen molar-refractivity contribution in [3.8, 4) is 0 Å². The Bertz CT molecular complexity index is 419. The minimum Gasteiger partial charge on any atom is -0.330 e. The third-order valence-electron chi connectivity index (χ3n) is 4.46. The maximum atomic E-state index is 14.0. The minimum atomic E-state index is -0.508. The van der Waals surface area contributed by atoms with Crippen LogP contribution < -0.4 is 5.73 Å². The summed E-state index contributed by atoms with van der Waals surface area (Å²) in [5.41, 5.74) is 6.48. The van der Waals surface area contributed by atoms with Crippen molar-refractivity contribution in [2.75, 3.05) is 6.54 Å². The van der Waals surface area contributed by atoms with Gasteiger partial charge in [0, 0.05) is 6.07 Å². The Morgan fingerprint density at radius 2 is 2.05 bits per heavy atom. The van der Waals surface area contributed by atoms with Crippen LogP contribution in [0.2, 0.25) is 0 Å². The van der Waals surface area contributed by atoms with E-state index in [1.807, 2.05) is 0 Å². The fourth-order valence-electron chi connectivity index (χ4n) is 3.46. The zero-order valence-corrected chi connectivity index (χ0v) is 11.5. The van der Waals surface area contributed by atoms with Crippen LogP contribution in [0.3, 0.4) is 0 Å².